The van der Waals surface area contributed by atoms with Crippen molar-refractivity contribution in [2.75, 3.05) is 18.5 Å². The molecule has 0 bridgehead atoms. The molecule has 1 heterocycles. The van der Waals surface area contributed by atoms with Crippen molar-refractivity contribution in [3.63, 3.8) is 0 Å². The minimum absolute atomic E-state index is 0.361. The van der Waals surface area contributed by atoms with Gasteiger partial charge < -0.3 is 10.0 Å². The summed E-state index contributed by atoms with van der Waals surface area (Å²) in [6.07, 6.45) is 0. The highest BCUT2D eigenvalue weighted by molar-refractivity contribution is 8.00. The summed E-state index contributed by atoms with van der Waals surface area (Å²) >= 11 is 1.45. The van der Waals surface area contributed by atoms with E-state index in [9.17, 15) is 4.79 Å². The van der Waals surface area contributed by atoms with Crippen molar-refractivity contribution in [1.82, 2.24) is 0 Å². The topological polar surface area (TPSA) is 40.5 Å². The van der Waals surface area contributed by atoms with Crippen LogP contribution < -0.4 is 4.90 Å². The standard InChI is InChI=1S/C12H15NO2S/c1-7-4-9-10(5-8(7)2)16-11(12(14)15)6-13(9)3/h4-5,11H,6H2,1-3H3,(H,14,15). The first kappa shape index (κ1) is 11.3. The summed E-state index contributed by atoms with van der Waals surface area (Å²) in [5.74, 6) is -0.735. The molecule has 86 valence electrons. The van der Waals surface area contributed by atoms with E-state index in [1.54, 1.807) is 0 Å². The van der Waals surface area contributed by atoms with Crippen molar-refractivity contribution in [1.29, 1.82) is 0 Å². The second-order valence-electron chi connectivity index (χ2n) is 4.23. The minimum atomic E-state index is -0.735. The van der Waals surface area contributed by atoms with E-state index < -0.39 is 5.97 Å². The Bertz CT molecular complexity index is 445. The van der Waals surface area contributed by atoms with Crippen LogP contribution in [0.5, 0.6) is 0 Å². The Hall–Kier alpha value is -1.16. The summed E-state index contributed by atoms with van der Waals surface area (Å²) in [5, 5.41) is 8.70. The third-order valence-corrected chi connectivity index (χ3v) is 4.19. The molecule has 0 spiro atoms. The summed E-state index contributed by atoms with van der Waals surface area (Å²) in [5.41, 5.74) is 3.61. The molecule has 1 aromatic carbocycles. The zero-order chi connectivity index (χ0) is 11.9. The van der Waals surface area contributed by atoms with Gasteiger partial charge in [0.05, 0.1) is 5.69 Å². The average molecular weight is 237 g/mol. The first-order valence-corrected chi connectivity index (χ1v) is 6.09. The fraction of sp³-hybridized carbons (Fsp3) is 0.417. The van der Waals surface area contributed by atoms with Crippen LogP contribution in [0.4, 0.5) is 5.69 Å². The van der Waals surface area contributed by atoms with Gasteiger partial charge in [0.25, 0.3) is 0 Å². The Morgan fingerprint density at radius 2 is 2.06 bits per heavy atom. The zero-order valence-corrected chi connectivity index (χ0v) is 10.5. The molecule has 0 amide bonds. The molecule has 2 rings (SSSR count). The molecule has 1 unspecified atom stereocenters. The average Bonchev–Trinajstić information content (AvgIpc) is 2.20. The fourth-order valence-corrected chi connectivity index (χ4v) is 3.12. The molecule has 1 atom stereocenters. The third kappa shape index (κ3) is 1.89. The summed E-state index contributed by atoms with van der Waals surface area (Å²) in [6, 6.07) is 4.22. The molecule has 0 aliphatic carbocycles. The molecule has 1 aliphatic rings. The number of benzene rings is 1. The van der Waals surface area contributed by atoms with Gasteiger partial charge in [-0.1, -0.05) is 0 Å². The lowest BCUT2D eigenvalue weighted by Gasteiger charge is -2.31. The summed E-state index contributed by atoms with van der Waals surface area (Å²) in [7, 11) is 1.95. The maximum atomic E-state index is 11.0. The Morgan fingerprint density at radius 3 is 2.69 bits per heavy atom. The van der Waals surface area contributed by atoms with Gasteiger partial charge >= 0.3 is 5.97 Å². The van der Waals surface area contributed by atoms with Crippen LogP contribution in [0.3, 0.4) is 0 Å². The number of aliphatic carboxylic acids is 1. The van der Waals surface area contributed by atoms with E-state index in [1.165, 1.54) is 22.9 Å². The SMILES string of the molecule is Cc1cc2c(cc1C)N(C)CC(C(=O)O)S2. The van der Waals surface area contributed by atoms with Crippen molar-refractivity contribution in [2.45, 2.75) is 24.0 Å². The number of carboxylic acid groups (broad SMARTS) is 1. The number of carbonyl (C=O) groups is 1. The van der Waals surface area contributed by atoms with E-state index in [2.05, 4.69) is 26.0 Å². The van der Waals surface area contributed by atoms with Gasteiger partial charge in [0.2, 0.25) is 0 Å². The maximum absolute atomic E-state index is 11.0. The van der Waals surface area contributed by atoms with Crippen molar-refractivity contribution >= 4 is 23.4 Å². The molecule has 0 fully saturated rings. The van der Waals surface area contributed by atoms with E-state index in [1.807, 2.05) is 11.9 Å². The van der Waals surface area contributed by atoms with Gasteiger partial charge in [-0.05, 0) is 37.1 Å². The van der Waals surface area contributed by atoms with Crippen molar-refractivity contribution in [2.24, 2.45) is 0 Å². The lowest BCUT2D eigenvalue weighted by atomic mass is 10.1. The quantitative estimate of drug-likeness (QED) is 0.813. The fourth-order valence-electron chi connectivity index (χ4n) is 1.83. The van der Waals surface area contributed by atoms with E-state index in [4.69, 9.17) is 5.11 Å². The van der Waals surface area contributed by atoms with E-state index >= 15 is 0 Å². The minimum Gasteiger partial charge on any atom is -0.480 e. The van der Waals surface area contributed by atoms with E-state index in [0.29, 0.717) is 6.54 Å². The third-order valence-electron chi connectivity index (χ3n) is 2.97. The number of anilines is 1. The van der Waals surface area contributed by atoms with Gasteiger partial charge in [0.15, 0.2) is 0 Å². The second-order valence-corrected chi connectivity index (χ2v) is 5.47. The summed E-state index contributed by atoms with van der Waals surface area (Å²) in [4.78, 5) is 14.1. The van der Waals surface area contributed by atoms with Gasteiger partial charge in [-0.25, -0.2) is 0 Å². The predicted octanol–water partition coefficient (Wildman–Crippen LogP) is 2.30. The Balaban J connectivity index is 2.42. The number of carboxylic acids is 1. The number of fused-ring (bicyclic) bond motifs is 1. The Labute approximate surface area is 99.5 Å². The lowest BCUT2D eigenvalue weighted by Crippen LogP contribution is -2.36. The molecular formula is C12H15NO2S. The molecule has 0 aromatic heterocycles. The first-order chi connectivity index (χ1) is 7.49. The lowest BCUT2D eigenvalue weighted by molar-refractivity contribution is -0.136. The number of nitrogens with zero attached hydrogens (tertiary/aromatic N) is 1. The van der Waals surface area contributed by atoms with Gasteiger partial charge in [-0.3, -0.25) is 4.79 Å². The van der Waals surface area contributed by atoms with E-state index in [0.717, 1.165) is 10.6 Å². The molecule has 1 aliphatic heterocycles. The van der Waals surface area contributed by atoms with Crippen LogP contribution in [0.15, 0.2) is 17.0 Å². The van der Waals surface area contributed by atoms with Crippen LogP contribution in [0.2, 0.25) is 0 Å². The van der Waals surface area contributed by atoms with E-state index in [-0.39, 0.29) is 5.25 Å². The van der Waals surface area contributed by atoms with Gasteiger partial charge in [-0.15, -0.1) is 11.8 Å². The number of thioether (sulfide) groups is 1. The highest BCUT2D eigenvalue weighted by Gasteiger charge is 2.28. The normalized spacial score (nSPS) is 19.4. The second kappa shape index (κ2) is 4.01. The van der Waals surface area contributed by atoms with Crippen molar-refractivity contribution in [3.05, 3.63) is 23.3 Å². The van der Waals surface area contributed by atoms with Crippen LogP contribution in [0, 0.1) is 13.8 Å². The number of rotatable bonds is 1. The van der Waals surface area contributed by atoms with Crippen LogP contribution in [0.1, 0.15) is 11.1 Å². The van der Waals surface area contributed by atoms with Crippen molar-refractivity contribution in [3.8, 4) is 0 Å². The molecule has 3 nitrogen and oxygen atoms in total. The number of hydrogen-bond donors (Lipinski definition) is 1. The first-order valence-electron chi connectivity index (χ1n) is 5.21. The molecule has 1 N–H and O–H groups in total. The molecule has 0 radical (unpaired) electrons. The van der Waals surface area contributed by atoms with Crippen molar-refractivity contribution < 1.29 is 9.90 Å². The molecule has 0 saturated carbocycles. The van der Waals surface area contributed by atoms with Crippen LogP contribution in [-0.2, 0) is 4.79 Å². The summed E-state index contributed by atoms with van der Waals surface area (Å²) in [6.45, 7) is 4.70. The maximum Gasteiger partial charge on any atom is 0.318 e. The molecule has 4 heteroatoms. The monoisotopic (exact) mass is 237 g/mol. The number of aryl methyl sites for hydroxylation is 2. The van der Waals surface area contributed by atoms with Crippen LogP contribution in [-0.4, -0.2) is 29.9 Å². The molecular weight excluding hydrogens is 222 g/mol. The Kier molecular flexibility index (Phi) is 2.84. The van der Waals surface area contributed by atoms with Crippen LogP contribution in [0.25, 0.3) is 0 Å². The molecule has 0 saturated heterocycles. The van der Waals surface area contributed by atoms with Gasteiger partial charge in [-0.2, -0.15) is 0 Å². The van der Waals surface area contributed by atoms with Gasteiger partial charge in [0, 0.05) is 18.5 Å². The van der Waals surface area contributed by atoms with Crippen LogP contribution >= 0.6 is 11.8 Å². The highest BCUT2D eigenvalue weighted by atomic mass is 32.2. The summed E-state index contributed by atoms with van der Waals surface area (Å²) < 4.78 is 0. The van der Waals surface area contributed by atoms with Gasteiger partial charge in [0.1, 0.15) is 5.25 Å². The molecule has 16 heavy (non-hydrogen) atoms. The Morgan fingerprint density at radius 1 is 1.44 bits per heavy atom. The largest absolute Gasteiger partial charge is 0.480 e. The zero-order valence-electron chi connectivity index (χ0n) is 9.65. The highest BCUT2D eigenvalue weighted by Crippen LogP contribution is 2.39. The number of hydrogen-bond acceptors (Lipinski definition) is 3. The smallest absolute Gasteiger partial charge is 0.318 e. The molecule has 1 aromatic rings. The predicted molar refractivity (Wildman–Crippen MR) is 66.5 cm³/mol.